The molecule has 0 saturated heterocycles. The van der Waals surface area contributed by atoms with Gasteiger partial charge in [0, 0.05) is 18.6 Å². The van der Waals surface area contributed by atoms with Gasteiger partial charge in [0.2, 0.25) is 0 Å². The van der Waals surface area contributed by atoms with E-state index < -0.39 is 5.91 Å². The standard InChI is InChI=1S/C20H18N4O2/c1-15-4-6-17(7-5-15)14-24-12-2-3-18(20(24)26)19(25)23-22-13-16-8-10-21-11-9-16/h2-13H,14H2,1H3,(H,23,25)/b22-13-. The molecule has 0 aliphatic rings. The molecule has 0 atom stereocenters. The third-order valence-electron chi connectivity index (χ3n) is 3.82. The Kier molecular flexibility index (Phi) is 5.34. The van der Waals surface area contributed by atoms with Crippen molar-refractivity contribution in [3.63, 3.8) is 0 Å². The second kappa shape index (κ2) is 8.02. The molecule has 6 heteroatoms. The van der Waals surface area contributed by atoms with E-state index in [9.17, 15) is 9.59 Å². The topological polar surface area (TPSA) is 76.3 Å². The lowest BCUT2D eigenvalue weighted by Gasteiger charge is -2.08. The molecule has 26 heavy (non-hydrogen) atoms. The summed E-state index contributed by atoms with van der Waals surface area (Å²) in [5.74, 6) is -0.543. The van der Waals surface area contributed by atoms with Gasteiger partial charge in [0.05, 0.1) is 12.8 Å². The van der Waals surface area contributed by atoms with Crippen molar-refractivity contribution in [1.29, 1.82) is 0 Å². The monoisotopic (exact) mass is 346 g/mol. The van der Waals surface area contributed by atoms with E-state index >= 15 is 0 Å². The van der Waals surface area contributed by atoms with Gasteiger partial charge in [-0.05, 0) is 42.3 Å². The van der Waals surface area contributed by atoms with Crippen LogP contribution in [-0.4, -0.2) is 21.7 Å². The molecule has 0 saturated carbocycles. The summed E-state index contributed by atoms with van der Waals surface area (Å²) < 4.78 is 1.51. The van der Waals surface area contributed by atoms with Crippen LogP contribution < -0.4 is 11.0 Å². The second-order valence-electron chi connectivity index (χ2n) is 5.82. The molecule has 6 nitrogen and oxygen atoms in total. The number of nitrogens with one attached hydrogen (secondary N) is 1. The molecule has 0 spiro atoms. The summed E-state index contributed by atoms with van der Waals surface area (Å²) in [5.41, 5.74) is 5.02. The highest BCUT2D eigenvalue weighted by atomic mass is 16.2. The number of nitrogens with zero attached hydrogens (tertiary/aromatic N) is 3. The van der Waals surface area contributed by atoms with Crippen LogP contribution in [0.3, 0.4) is 0 Å². The number of hydrogen-bond acceptors (Lipinski definition) is 4. The summed E-state index contributed by atoms with van der Waals surface area (Å²) in [6.07, 6.45) is 6.42. The number of hydrogen-bond donors (Lipinski definition) is 1. The number of carbonyl (C=O) groups excluding carboxylic acids is 1. The summed E-state index contributed by atoms with van der Waals surface area (Å²) in [6, 6.07) is 14.6. The molecule has 3 aromatic rings. The summed E-state index contributed by atoms with van der Waals surface area (Å²) in [5, 5.41) is 3.88. The Balaban J connectivity index is 1.73. The maximum atomic E-state index is 12.6. The fourth-order valence-electron chi connectivity index (χ4n) is 2.40. The lowest BCUT2D eigenvalue weighted by Crippen LogP contribution is -2.30. The predicted molar refractivity (Wildman–Crippen MR) is 100 cm³/mol. The van der Waals surface area contributed by atoms with Crippen molar-refractivity contribution in [3.8, 4) is 0 Å². The first kappa shape index (κ1) is 17.3. The van der Waals surface area contributed by atoms with Crippen LogP contribution in [0.1, 0.15) is 27.0 Å². The normalized spacial score (nSPS) is 10.8. The highest BCUT2D eigenvalue weighted by Gasteiger charge is 2.11. The fraction of sp³-hybridized carbons (Fsp3) is 0.100. The van der Waals surface area contributed by atoms with Gasteiger partial charge in [0.25, 0.3) is 11.5 Å². The van der Waals surface area contributed by atoms with E-state index in [-0.39, 0.29) is 11.1 Å². The molecule has 130 valence electrons. The molecule has 1 amide bonds. The Morgan fingerprint density at radius 3 is 2.62 bits per heavy atom. The van der Waals surface area contributed by atoms with Gasteiger partial charge in [-0.25, -0.2) is 5.43 Å². The second-order valence-corrected chi connectivity index (χ2v) is 5.82. The number of hydrazone groups is 1. The van der Waals surface area contributed by atoms with Crippen molar-refractivity contribution in [2.24, 2.45) is 5.10 Å². The van der Waals surface area contributed by atoms with Crippen LogP contribution in [0.2, 0.25) is 0 Å². The van der Waals surface area contributed by atoms with Crippen LogP contribution in [0.5, 0.6) is 0 Å². The van der Waals surface area contributed by atoms with Crippen LogP contribution in [0.25, 0.3) is 0 Å². The van der Waals surface area contributed by atoms with Crippen molar-refractivity contribution in [1.82, 2.24) is 15.0 Å². The average Bonchev–Trinajstić information content (AvgIpc) is 2.66. The van der Waals surface area contributed by atoms with E-state index in [4.69, 9.17) is 0 Å². The zero-order valence-corrected chi connectivity index (χ0v) is 14.3. The largest absolute Gasteiger partial charge is 0.310 e. The van der Waals surface area contributed by atoms with Gasteiger partial charge in [0.1, 0.15) is 5.56 Å². The summed E-state index contributed by atoms with van der Waals surface area (Å²) in [6.45, 7) is 2.41. The van der Waals surface area contributed by atoms with Crippen molar-refractivity contribution < 1.29 is 4.79 Å². The first-order chi connectivity index (χ1) is 12.6. The van der Waals surface area contributed by atoms with Crippen LogP contribution >= 0.6 is 0 Å². The number of aromatic nitrogens is 2. The third-order valence-corrected chi connectivity index (χ3v) is 3.82. The number of rotatable bonds is 5. The first-order valence-electron chi connectivity index (χ1n) is 8.12. The molecule has 0 unspecified atom stereocenters. The van der Waals surface area contributed by atoms with Crippen LogP contribution in [0.4, 0.5) is 0 Å². The van der Waals surface area contributed by atoms with E-state index in [0.29, 0.717) is 6.54 Å². The number of carbonyl (C=O) groups is 1. The zero-order chi connectivity index (χ0) is 18.4. The molecule has 0 fully saturated rings. The molecular formula is C20H18N4O2. The smallest absolute Gasteiger partial charge is 0.276 e. The maximum absolute atomic E-state index is 12.6. The molecular weight excluding hydrogens is 328 g/mol. The lowest BCUT2D eigenvalue weighted by atomic mass is 10.1. The van der Waals surface area contributed by atoms with E-state index in [1.54, 1.807) is 36.8 Å². The molecule has 3 rings (SSSR count). The minimum Gasteiger partial charge on any atom is -0.310 e. The van der Waals surface area contributed by atoms with Crippen molar-refractivity contribution in [3.05, 3.63) is 99.7 Å². The molecule has 0 aliphatic heterocycles. The molecule has 0 bridgehead atoms. The number of benzene rings is 1. The lowest BCUT2D eigenvalue weighted by molar-refractivity contribution is 0.0953. The Hall–Kier alpha value is -3.54. The highest BCUT2D eigenvalue weighted by molar-refractivity contribution is 5.94. The minimum absolute atomic E-state index is 0.0477. The van der Waals surface area contributed by atoms with Crippen LogP contribution in [0.15, 0.2) is 77.0 Å². The Morgan fingerprint density at radius 1 is 1.15 bits per heavy atom. The molecule has 1 aromatic carbocycles. The molecule has 1 N–H and O–H groups in total. The molecule has 2 aromatic heterocycles. The number of pyridine rings is 2. The number of amides is 1. The fourth-order valence-corrected chi connectivity index (χ4v) is 2.40. The van der Waals surface area contributed by atoms with Crippen LogP contribution in [-0.2, 0) is 6.54 Å². The molecule has 0 aliphatic carbocycles. The van der Waals surface area contributed by atoms with E-state index in [1.807, 2.05) is 31.2 Å². The Labute approximate surface area is 150 Å². The van der Waals surface area contributed by atoms with E-state index in [2.05, 4.69) is 15.5 Å². The van der Waals surface area contributed by atoms with Gasteiger partial charge >= 0.3 is 0 Å². The van der Waals surface area contributed by atoms with Gasteiger partial charge in [-0.1, -0.05) is 29.8 Å². The predicted octanol–water partition coefficient (Wildman–Crippen LogP) is 2.36. The zero-order valence-electron chi connectivity index (χ0n) is 14.3. The SMILES string of the molecule is Cc1ccc(Cn2cccc(C(=O)N/N=C\c3ccncc3)c2=O)cc1. The Morgan fingerprint density at radius 2 is 1.88 bits per heavy atom. The van der Waals surface area contributed by atoms with Crippen LogP contribution in [0, 0.1) is 6.92 Å². The average molecular weight is 346 g/mol. The van der Waals surface area contributed by atoms with Gasteiger partial charge in [-0.3, -0.25) is 14.6 Å². The summed E-state index contributed by atoms with van der Waals surface area (Å²) in [4.78, 5) is 28.7. The highest BCUT2D eigenvalue weighted by Crippen LogP contribution is 2.05. The van der Waals surface area contributed by atoms with E-state index in [0.717, 1.165) is 16.7 Å². The van der Waals surface area contributed by atoms with E-state index in [1.165, 1.54) is 16.8 Å². The molecule has 0 radical (unpaired) electrons. The summed E-state index contributed by atoms with van der Waals surface area (Å²) in [7, 11) is 0. The van der Waals surface area contributed by atoms with Crippen molar-refractivity contribution in [2.75, 3.05) is 0 Å². The third kappa shape index (κ3) is 4.30. The minimum atomic E-state index is -0.543. The quantitative estimate of drug-likeness (QED) is 0.569. The van der Waals surface area contributed by atoms with Gasteiger partial charge in [-0.15, -0.1) is 0 Å². The van der Waals surface area contributed by atoms with Crippen molar-refractivity contribution in [2.45, 2.75) is 13.5 Å². The van der Waals surface area contributed by atoms with Crippen molar-refractivity contribution >= 4 is 12.1 Å². The summed E-state index contributed by atoms with van der Waals surface area (Å²) >= 11 is 0. The van der Waals surface area contributed by atoms with Gasteiger partial charge < -0.3 is 4.57 Å². The van der Waals surface area contributed by atoms with Gasteiger partial charge in [-0.2, -0.15) is 5.10 Å². The first-order valence-corrected chi connectivity index (χ1v) is 8.12. The maximum Gasteiger partial charge on any atom is 0.276 e. The Bertz CT molecular complexity index is 977. The number of aryl methyl sites for hydroxylation is 1. The van der Waals surface area contributed by atoms with Gasteiger partial charge in [0.15, 0.2) is 0 Å². The molecule has 2 heterocycles.